The number of benzene rings is 2. The number of halogens is 2. The van der Waals surface area contributed by atoms with Crippen molar-refractivity contribution in [2.75, 3.05) is 18.5 Å². The summed E-state index contributed by atoms with van der Waals surface area (Å²) in [7, 11) is 0. The first-order chi connectivity index (χ1) is 29.3. The van der Waals surface area contributed by atoms with E-state index < -0.39 is 48.6 Å². The maximum atomic E-state index is 13.5. The maximum absolute atomic E-state index is 13.5. The molecule has 0 bridgehead atoms. The number of fused-ring (bicyclic) bond motifs is 1. The number of hydrogen-bond acceptors (Lipinski definition) is 13. The first kappa shape index (κ1) is 44.4. The number of amides is 1. The summed E-state index contributed by atoms with van der Waals surface area (Å²) in [6, 6.07) is 19.5. The first-order valence-corrected chi connectivity index (χ1v) is 19.7. The van der Waals surface area contributed by atoms with E-state index in [-0.39, 0.29) is 59.4 Å². The summed E-state index contributed by atoms with van der Waals surface area (Å²) in [4.78, 5) is 49.0. The van der Waals surface area contributed by atoms with E-state index in [2.05, 4.69) is 30.9 Å². The van der Waals surface area contributed by atoms with Crippen molar-refractivity contribution >= 4 is 46.9 Å². The van der Waals surface area contributed by atoms with Crippen molar-refractivity contribution in [2.45, 2.75) is 63.6 Å². The van der Waals surface area contributed by atoms with Crippen LogP contribution in [0.1, 0.15) is 69.6 Å². The summed E-state index contributed by atoms with van der Waals surface area (Å²) >= 11 is 13.7. The molecule has 16 nitrogen and oxygen atoms in total. The molecule has 3 atom stereocenters. The number of aliphatic hydroxyl groups excluding tert-OH is 2. The number of carbonyl (C=O) groups excluding carboxylic acids is 1. The van der Waals surface area contributed by atoms with Crippen LogP contribution in [0.25, 0.3) is 11.1 Å². The van der Waals surface area contributed by atoms with E-state index in [1.807, 2.05) is 30.3 Å². The van der Waals surface area contributed by atoms with Crippen LogP contribution in [0, 0.1) is 11.3 Å². The topological polar surface area (TPSA) is 249 Å². The van der Waals surface area contributed by atoms with Gasteiger partial charge in [0.05, 0.1) is 35.3 Å². The summed E-state index contributed by atoms with van der Waals surface area (Å²) in [6.07, 6.45) is 3.66. The number of carbonyl (C=O) groups is 3. The number of pyridine rings is 3. The van der Waals surface area contributed by atoms with E-state index >= 15 is 0 Å². The van der Waals surface area contributed by atoms with Gasteiger partial charge in [-0.3, -0.25) is 24.7 Å². The van der Waals surface area contributed by atoms with E-state index in [1.165, 1.54) is 19.3 Å². The number of nitrogens with zero attached hydrogens (tertiary/aromatic N) is 4. The number of carboxylic acid groups (broad SMARTS) is 2. The van der Waals surface area contributed by atoms with Crippen molar-refractivity contribution < 1.29 is 44.3 Å². The SMILES string of the molecule is C[C@@](CO)(NCc1ccc(NC(=O)c2cccc(-c3cccc4c3CC[C@@H]4Oc3nc(OCc4cncc(C#N)c4)c(CNC[C@@H](O)CC(=O)O)cc3Cl)c2Cl)nc1)C(=O)O. The quantitative estimate of drug-likeness (QED) is 0.0544. The molecule has 0 spiro atoms. The number of anilines is 1. The van der Waals surface area contributed by atoms with Crippen molar-refractivity contribution in [3.05, 3.63) is 128 Å². The van der Waals surface area contributed by atoms with Gasteiger partial charge in [-0.25, -0.2) is 4.98 Å². The molecule has 0 unspecified atom stereocenters. The van der Waals surface area contributed by atoms with Crippen molar-refractivity contribution in [3.63, 3.8) is 0 Å². The first-order valence-electron chi connectivity index (χ1n) is 19.0. The number of ether oxygens (including phenoxy) is 2. The molecule has 1 aliphatic carbocycles. The number of aliphatic carboxylic acids is 2. The Morgan fingerprint density at radius 1 is 1.00 bits per heavy atom. The molecule has 5 aromatic rings. The molecule has 1 amide bonds. The zero-order valence-electron chi connectivity index (χ0n) is 32.7. The Morgan fingerprint density at radius 3 is 2.51 bits per heavy atom. The average molecular weight is 871 g/mol. The van der Waals surface area contributed by atoms with Crippen LogP contribution in [0.4, 0.5) is 5.82 Å². The second kappa shape index (κ2) is 19.9. The van der Waals surface area contributed by atoms with Gasteiger partial charge in [-0.15, -0.1) is 0 Å². The lowest BCUT2D eigenvalue weighted by Gasteiger charge is -2.23. The minimum atomic E-state index is -1.52. The van der Waals surface area contributed by atoms with Gasteiger partial charge in [0.15, 0.2) is 0 Å². The Balaban J connectivity index is 1.19. The molecule has 0 saturated carbocycles. The Bertz CT molecular complexity index is 2470. The van der Waals surface area contributed by atoms with Gasteiger partial charge in [-0.05, 0) is 66.3 Å². The van der Waals surface area contributed by atoms with Gasteiger partial charge in [0.1, 0.15) is 35.2 Å². The van der Waals surface area contributed by atoms with Crippen LogP contribution in [0.3, 0.4) is 0 Å². The van der Waals surface area contributed by atoms with Gasteiger partial charge >= 0.3 is 11.9 Å². The molecule has 3 aromatic heterocycles. The molecule has 0 aliphatic heterocycles. The van der Waals surface area contributed by atoms with Gasteiger partial charge in [0.2, 0.25) is 11.8 Å². The van der Waals surface area contributed by atoms with E-state index in [0.29, 0.717) is 40.7 Å². The number of nitrogens with one attached hydrogen (secondary N) is 3. The van der Waals surface area contributed by atoms with Crippen LogP contribution in [-0.2, 0) is 35.7 Å². The van der Waals surface area contributed by atoms with Gasteiger partial charge in [0.25, 0.3) is 5.91 Å². The second-order valence-electron chi connectivity index (χ2n) is 14.4. The summed E-state index contributed by atoms with van der Waals surface area (Å²) in [5.74, 6) is -2.28. The molecule has 7 N–H and O–H groups in total. The van der Waals surface area contributed by atoms with Crippen molar-refractivity contribution in [3.8, 4) is 29.0 Å². The molecule has 0 radical (unpaired) electrons. The van der Waals surface area contributed by atoms with Gasteiger partial charge < -0.3 is 40.5 Å². The third-order valence-corrected chi connectivity index (χ3v) is 10.6. The largest absolute Gasteiger partial charge is 0.481 e. The highest BCUT2D eigenvalue weighted by molar-refractivity contribution is 6.37. The number of hydrogen-bond donors (Lipinski definition) is 7. The summed E-state index contributed by atoms with van der Waals surface area (Å²) in [6.45, 7) is 1.03. The highest BCUT2D eigenvalue weighted by atomic mass is 35.5. The van der Waals surface area contributed by atoms with Crippen LogP contribution in [0.2, 0.25) is 10.0 Å². The fraction of sp³-hybridized carbons (Fsp3) is 0.279. The normalized spacial score (nSPS) is 14.6. The van der Waals surface area contributed by atoms with Crippen molar-refractivity contribution in [1.82, 2.24) is 25.6 Å². The number of aromatic nitrogens is 3. The molecule has 6 rings (SSSR count). The smallest absolute Gasteiger partial charge is 0.326 e. The van der Waals surface area contributed by atoms with Crippen LogP contribution in [0.15, 0.2) is 79.3 Å². The zero-order chi connectivity index (χ0) is 43.7. The Hall–Kier alpha value is -6.19. The molecular weight excluding hydrogens is 829 g/mol. The third kappa shape index (κ3) is 11.0. The van der Waals surface area contributed by atoms with Crippen molar-refractivity contribution in [2.24, 2.45) is 0 Å². The lowest BCUT2D eigenvalue weighted by atomic mass is 9.95. The minimum absolute atomic E-state index is 0.0106. The molecule has 0 saturated heterocycles. The van der Waals surface area contributed by atoms with Crippen LogP contribution >= 0.6 is 23.2 Å². The molecule has 3 heterocycles. The predicted octanol–water partition coefficient (Wildman–Crippen LogP) is 5.47. The van der Waals surface area contributed by atoms with E-state index in [1.54, 1.807) is 42.6 Å². The van der Waals surface area contributed by atoms with E-state index in [0.717, 1.165) is 16.7 Å². The molecule has 0 fully saturated rings. The Kier molecular flexibility index (Phi) is 14.5. The molecule has 1 aliphatic rings. The lowest BCUT2D eigenvalue weighted by Crippen LogP contribution is -2.52. The van der Waals surface area contributed by atoms with Gasteiger partial charge in [-0.2, -0.15) is 10.2 Å². The molecule has 316 valence electrons. The number of nitriles is 1. The van der Waals surface area contributed by atoms with Crippen LogP contribution in [-0.4, -0.2) is 78.0 Å². The Labute approximate surface area is 360 Å². The lowest BCUT2D eigenvalue weighted by molar-refractivity contribution is -0.146. The van der Waals surface area contributed by atoms with Crippen LogP contribution in [0.5, 0.6) is 11.8 Å². The summed E-state index contributed by atoms with van der Waals surface area (Å²) in [5.41, 5.74) is 4.13. The predicted molar refractivity (Wildman–Crippen MR) is 223 cm³/mol. The fourth-order valence-corrected chi connectivity index (χ4v) is 7.11. The van der Waals surface area contributed by atoms with Gasteiger partial charge in [0, 0.05) is 54.9 Å². The molecule has 61 heavy (non-hydrogen) atoms. The summed E-state index contributed by atoms with van der Waals surface area (Å²) < 4.78 is 12.6. The number of aliphatic hydroxyl groups is 2. The zero-order valence-corrected chi connectivity index (χ0v) is 34.2. The number of rotatable bonds is 19. The monoisotopic (exact) mass is 869 g/mol. The summed E-state index contributed by atoms with van der Waals surface area (Å²) in [5, 5.41) is 56.2. The van der Waals surface area contributed by atoms with Crippen molar-refractivity contribution in [1.29, 1.82) is 5.26 Å². The standard InChI is InChI=1S/C43H41Cl2N7O9/c1-43(23-53,42(58)59)50-19-24-8-11-36(49-18-24)51-39(57)33-7-3-6-32(38(33)45)29-4-2-5-31-30(29)9-10-35(31)61-41-34(44)13-27(20-48-21-28(54)14-37(55)56)40(52-41)60-22-26-12-25(15-46)16-47-17-26/h2-8,11-13,16-18,28,35,48,50,53-54H,9-10,14,19-23H2,1H3,(H,55,56)(H,58,59)(H,49,51,57)/t28-,35-,43-/m0/s1. The molecular formula is C43H41Cl2N7O9. The van der Waals surface area contributed by atoms with Crippen LogP contribution < -0.4 is 25.4 Å². The number of carboxylic acids is 2. The highest BCUT2D eigenvalue weighted by Gasteiger charge is 2.32. The molecule has 18 heteroatoms. The highest BCUT2D eigenvalue weighted by Crippen LogP contribution is 2.43. The molecule has 2 aromatic carbocycles. The van der Waals surface area contributed by atoms with Gasteiger partial charge in [-0.1, -0.05) is 59.6 Å². The minimum Gasteiger partial charge on any atom is -0.481 e. The average Bonchev–Trinajstić information content (AvgIpc) is 3.66. The fourth-order valence-electron chi connectivity index (χ4n) is 6.58. The van der Waals surface area contributed by atoms with E-state index in [9.17, 15) is 35.0 Å². The Morgan fingerprint density at radius 2 is 1.79 bits per heavy atom. The maximum Gasteiger partial charge on any atom is 0.326 e. The third-order valence-electron chi connectivity index (χ3n) is 9.93. The van der Waals surface area contributed by atoms with E-state index in [4.69, 9.17) is 37.8 Å². The second-order valence-corrected chi connectivity index (χ2v) is 15.2.